The molecule has 0 atom stereocenters. The van der Waals surface area contributed by atoms with E-state index in [-0.39, 0.29) is 5.71 Å². The summed E-state index contributed by atoms with van der Waals surface area (Å²) in [7, 11) is 0. The summed E-state index contributed by atoms with van der Waals surface area (Å²) in [6, 6.07) is 7.07. The molecule has 88 valence electrons. The lowest BCUT2D eigenvalue weighted by Gasteiger charge is -2.04. The lowest BCUT2D eigenvalue weighted by molar-refractivity contribution is 1.27. The number of nitrogens with zero attached hydrogens (tertiary/aromatic N) is 4. The van der Waals surface area contributed by atoms with Gasteiger partial charge in [0, 0.05) is 12.4 Å². The van der Waals surface area contributed by atoms with Gasteiger partial charge in [0.25, 0.3) is 0 Å². The zero-order valence-electron chi connectivity index (χ0n) is 9.25. The molecule has 0 bridgehead atoms. The molecule has 0 saturated carbocycles. The summed E-state index contributed by atoms with van der Waals surface area (Å²) in [5.74, 6) is -0.392. The van der Waals surface area contributed by atoms with Gasteiger partial charge in [-0.25, -0.2) is 0 Å². The smallest absolute Gasteiger partial charge is 0.201 e. The number of hydrogen-bond donors (Lipinski definition) is 3. The molecule has 7 heteroatoms. The van der Waals surface area contributed by atoms with E-state index in [0.717, 1.165) is 0 Å². The summed E-state index contributed by atoms with van der Waals surface area (Å²) in [4.78, 5) is 8.31. The van der Waals surface area contributed by atoms with Crippen LogP contribution in [0.25, 0.3) is 11.0 Å². The average molecular weight is 239 g/mol. The third kappa shape index (κ3) is 2.22. The molecule has 2 aromatic rings. The van der Waals surface area contributed by atoms with Gasteiger partial charge in [-0.05, 0) is 12.1 Å². The molecule has 7 nitrogen and oxygen atoms in total. The van der Waals surface area contributed by atoms with E-state index in [1.165, 1.54) is 0 Å². The van der Waals surface area contributed by atoms with Crippen LogP contribution in [0.2, 0.25) is 0 Å². The Balaban J connectivity index is 2.39. The van der Waals surface area contributed by atoms with Crippen molar-refractivity contribution in [2.75, 3.05) is 5.43 Å². The Kier molecular flexibility index (Phi) is 3.11. The van der Waals surface area contributed by atoms with E-state index in [1.54, 1.807) is 30.6 Å². The van der Waals surface area contributed by atoms with Crippen LogP contribution in [0.3, 0.4) is 0 Å². The first-order valence-electron chi connectivity index (χ1n) is 5.00. The molecular weight excluding hydrogens is 230 g/mol. The molecule has 2 rings (SSSR count). The molecule has 0 radical (unpaired) electrons. The van der Waals surface area contributed by atoms with E-state index >= 15 is 0 Å². The van der Waals surface area contributed by atoms with E-state index in [2.05, 4.69) is 20.5 Å². The van der Waals surface area contributed by atoms with Crippen LogP contribution in [0.1, 0.15) is 0 Å². The number of nitriles is 1. The summed E-state index contributed by atoms with van der Waals surface area (Å²) in [6.07, 6.45) is 3.15. The van der Waals surface area contributed by atoms with Crippen molar-refractivity contribution >= 4 is 28.3 Å². The molecule has 0 aliphatic rings. The second-order valence-corrected chi connectivity index (χ2v) is 3.33. The minimum atomic E-state index is -0.392. The molecule has 4 N–H and O–H groups in total. The van der Waals surface area contributed by atoms with E-state index in [1.807, 2.05) is 6.07 Å². The number of hydrogen-bond acceptors (Lipinski definition) is 6. The maximum Gasteiger partial charge on any atom is 0.201 e. The van der Waals surface area contributed by atoms with Crippen molar-refractivity contribution in [3.8, 4) is 6.07 Å². The van der Waals surface area contributed by atoms with Crippen LogP contribution in [-0.2, 0) is 0 Å². The van der Waals surface area contributed by atoms with Gasteiger partial charge in [-0.15, -0.1) is 0 Å². The summed E-state index contributed by atoms with van der Waals surface area (Å²) in [6.45, 7) is 0. The van der Waals surface area contributed by atoms with Crippen LogP contribution in [0, 0.1) is 16.7 Å². The van der Waals surface area contributed by atoms with Crippen molar-refractivity contribution in [2.24, 2.45) is 10.8 Å². The highest BCUT2D eigenvalue weighted by Crippen LogP contribution is 2.18. The Morgan fingerprint density at radius 3 is 2.89 bits per heavy atom. The van der Waals surface area contributed by atoms with E-state index in [4.69, 9.17) is 16.4 Å². The molecule has 18 heavy (non-hydrogen) atoms. The normalized spacial score (nSPS) is 10.9. The van der Waals surface area contributed by atoms with Crippen LogP contribution in [0.15, 0.2) is 35.7 Å². The van der Waals surface area contributed by atoms with Gasteiger partial charge in [0.1, 0.15) is 11.6 Å². The second-order valence-electron chi connectivity index (χ2n) is 3.33. The zero-order chi connectivity index (χ0) is 13.0. The number of fused-ring (bicyclic) bond motifs is 1. The molecular formula is C11H9N7. The van der Waals surface area contributed by atoms with Crippen molar-refractivity contribution in [2.45, 2.75) is 0 Å². The second kappa shape index (κ2) is 4.88. The van der Waals surface area contributed by atoms with E-state index < -0.39 is 5.84 Å². The van der Waals surface area contributed by atoms with Crippen LogP contribution in [0.5, 0.6) is 0 Å². The highest BCUT2D eigenvalue weighted by Gasteiger charge is 2.04. The first kappa shape index (κ1) is 11.5. The summed E-state index contributed by atoms with van der Waals surface area (Å²) >= 11 is 0. The molecule has 1 aromatic carbocycles. The molecule has 0 aliphatic carbocycles. The molecule has 0 spiro atoms. The third-order valence-electron chi connectivity index (χ3n) is 2.15. The highest BCUT2D eigenvalue weighted by molar-refractivity contribution is 6.45. The molecule has 0 amide bonds. The summed E-state index contributed by atoms with van der Waals surface area (Å²) in [5, 5.41) is 19.6. The lowest BCUT2D eigenvalue weighted by atomic mass is 10.2. The predicted molar refractivity (Wildman–Crippen MR) is 68.1 cm³/mol. The monoisotopic (exact) mass is 239 g/mol. The number of rotatable bonds is 3. The van der Waals surface area contributed by atoms with E-state index in [0.29, 0.717) is 16.7 Å². The van der Waals surface area contributed by atoms with Crippen molar-refractivity contribution in [1.82, 2.24) is 9.97 Å². The molecule has 0 saturated heterocycles. The van der Waals surface area contributed by atoms with Crippen LogP contribution < -0.4 is 11.2 Å². The largest absolute Gasteiger partial charge is 0.382 e. The summed E-state index contributed by atoms with van der Waals surface area (Å²) < 4.78 is 0. The van der Waals surface area contributed by atoms with E-state index in [9.17, 15) is 0 Å². The number of hydrazone groups is 1. The van der Waals surface area contributed by atoms with Gasteiger partial charge in [0.2, 0.25) is 5.71 Å². The SMILES string of the molecule is N#C/C(=N\Nc1cccc2nccnc12)C(=N)N. The molecule has 1 aromatic heterocycles. The topological polar surface area (TPSA) is 124 Å². The lowest BCUT2D eigenvalue weighted by Crippen LogP contribution is -2.21. The van der Waals surface area contributed by atoms with Gasteiger partial charge < -0.3 is 5.73 Å². The van der Waals surface area contributed by atoms with Gasteiger partial charge in [0.15, 0.2) is 5.84 Å². The van der Waals surface area contributed by atoms with Gasteiger partial charge in [-0.1, -0.05) is 6.07 Å². The van der Waals surface area contributed by atoms with Crippen molar-refractivity contribution < 1.29 is 0 Å². The number of amidine groups is 1. The van der Waals surface area contributed by atoms with Crippen molar-refractivity contribution in [3.05, 3.63) is 30.6 Å². The third-order valence-corrected chi connectivity index (χ3v) is 2.15. The van der Waals surface area contributed by atoms with Gasteiger partial charge in [0.05, 0.1) is 11.2 Å². The Morgan fingerprint density at radius 1 is 1.39 bits per heavy atom. The van der Waals surface area contributed by atoms with Gasteiger partial charge in [-0.3, -0.25) is 20.8 Å². The molecule has 1 heterocycles. The fourth-order valence-corrected chi connectivity index (χ4v) is 1.34. The Bertz CT molecular complexity index is 663. The minimum Gasteiger partial charge on any atom is -0.382 e. The Morgan fingerprint density at radius 2 is 2.17 bits per heavy atom. The maximum absolute atomic E-state index is 8.72. The summed E-state index contributed by atoms with van der Waals surface area (Å²) in [5.41, 5.74) is 9.59. The number of anilines is 1. The van der Waals surface area contributed by atoms with Gasteiger partial charge >= 0.3 is 0 Å². The quantitative estimate of drug-likeness (QED) is 0.416. The van der Waals surface area contributed by atoms with Crippen LogP contribution in [-0.4, -0.2) is 21.5 Å². The first-order chi connectivity index (χ1) is 8.72. The number of nitrogens with two attached hydrogens (primary N) is 1. The fraction of sp³-hybridized carbons (Fsp3) is 0. The Hall–Kier alpha value is -3.01. The standard InChI is InChI=1S/C11H9N7/c12-6-9(11(13)14)18-17-8-3-1-2-7-10(8)16-5-4-15-7/h1-5,17H,(H3,13,14)/b18-9+. The molecule has 0 fully saturated rings. The number of aromatic nitrogens is 2. The zero-order valence-corrected chi connectivity index (χ0v) is 9.25. The number of benzene rings is 1. The van der Waals surface area contributed by atoms with Crippen LogP contribution in [0.4, 0.5) is 5.69 Å². The number of nitrogens with one attached hydrogen (secondary N) is 2. The first-order valence-corrected chi connectivity index (χ1v) is 5.00. The van der Waals surface area contributed by atoms with Crippen molar-refractivity contribution in [1.29, 1.82) is 10.7 Å². The number of para-hydroxylation sites is 1. The minimum absolute atomic E-state index is 0.184. The maximum atomic E-state index is 8.72. The average Bonchev–Trinajstić information content (AvgIpc) is 2.39. The fourth-order valence-electron chi connectivity index (χ4n) is 1.34. The predicted octanol–water partition coefficient (Wildman–Crippen LogP) is 0.857. The van der Waals surface area contributed by atoms with Crippen molar-refractivity contribution in [3.63, 3.8) is 0 Å². The highest BCUT2D eigenvalue weighted by atomic mass is 15.3. The molecule has 0 aliphatic heterocycles. The molecule has 0 unspecified atom stereocenters. The Labute approximate surface area is 102 Å². The van der Waals surface area contributed by atoms with Gasteiger partial charge in [-0.2, -0.15) is 10.4 Å². The van der Waals surface area contributed by atoms with Crippen LogP contribution >= 0.6 is 0 Å².